The number of aromatic hydroxyl groups is 2. The van der Waals surface area contributed by atoms with Crippen LogP contribution in [0.1, 0.15) is 15.8 Å². The molecule has 0 saturated carbocycles. The molecule has 1 aromatic carbocycles. The van der Waals surface area contributed by atoms with Crippen molar-refractivity contribution in [3.05, 3.63) is 23.7 Å². The van der Waals surface area contributed by atoms with Crippen LogP contribution in [0.5, 0.6) is 11.5 Å². The molecule has 6 nitrogen and oxygen atoms in total. The quantitative estimate of drug-likeness (QED) is 0.436. The van der Waals surface area contributed by atoms with Gasteiger partial charge in [0.15, 0.2) is 11.5 Å². The van der Waals surface area contributed by atoms with Crippen molar-refractivity contribution in [3.8, 4) is 11.5 Å². The molecule has 0 fully saturated rings. The number of hydrogen-bond acceptors (Lipinski definition) is 5. The molecule has 0 saturated heterocycles. The SMILES string of the molecule is [2H]c1c([2H])c([C@H](O)[C@H](N)C(=O)O)c([2H])c(O)c1O. The van der Waals surface area contributed by atoms with E-state index < -0.39 is 53.3 Å². The lowest BCUT2D eigenvalue weighted by atomic mass is 10.0. The zero-order chi connectivity index (χ0) is 14.2. The van der Waals surface area contributed by atoms with Crippen LogP contribution in [0.15, 0.2) is 18.1 Å². The maximum absolute atomic E-state index is 10.6. The summed E-state index contributed by atoms with van der Waals surface area (Å²) in [7, 11) is 0. The molecule has 0 heterocycles. The Morgan fingerprint density at radius 1 is 1.40 bits per heavy atom. The van der Waals surface area contributed by atoms with Crippen LogP contribution in [0, 0.1) is 0 Å². The lowest BCUT2D eigenvalue weighted by Crippen LogP contribution is -2.36. The summed E-state index contributed by atoms with van der Waals surface area (Å²) in [6, 6.07) is -4.24. The fourth-order valence-electron chi connectivity index (χ4n) is 0.866. The number of benzene rings is 1. The van der Waals surface area contributed by atoms with Crippen LogP contribution >= 0.6 is 0 Å². The van der Waals surface area contributed by atoms with Crippen molar-refractivity contribution in [2.24, 2.45) is 5.73 Å². The summed E-state index contributed by atoms with van der Waals surface area (Å²) in [5.74, 6) is -3.56. The molecular formula is C9H11NO5. The number of carboxylic acid groups (broad SMARTS) is 1. The Hall–Kier alpha value is -1.79. The van der Waals surface area contributed by atoms with Gasteiger partial charge in [0.05, 0.1) is 4.11 Å². The van der Waals surface area contributed by atoms with Gasteiger partial charge in [-0.15, -0.1) is 0 Å². The third-order valence-corrected chi connectivity index (χ3v) is 1.71. The summed E-state index contributed by atoms with van der Waals surface area (Å²) in [6.45, 7) is 0. The number of nitrogens with two attached hydrogens (primary N) is 1. The van der Waals surface area contributed by atoms with Gasteiger partial charge in [-0.1, -0.05) is 6.04 Å². The van der Waals surface area contributed by atoms with E-state index in [2.05, 4.69) is 0 Å². The molecule has 0 amide bonds. The number of hydrogen-bond donors (Lipinski definition) is 5. The van der Waals surface area contributed by atoms with Crippen LogP contribution in [0.4, 0.5) is 0 Å². The van der Waals surface area contributed by atoms with Gasteiger partial charge in [0.25, 0.3) is 0 Å². The lowest BCUT2D eigenvalue weighted by Gasteiger charge is -2.15. The van der Waals surface area contributed by atoms with E-state index in [0.29, 0.717) is 0 Å². The lowest BCUT2D eigenvalue weighted by molar-refractivity contribution is -0.141. The van der Waals surface area contributed by atoms with E-state index in [1.165, 1.54) is 0 Å². The van der Waals surface area contributed by atoms with E-state index >= 15 is 0 Å². The second kappa shape index (κ2) is 4.16. The number of aliphatic carboxylic acids is 1. The molecule has 6 N–H and O–H groups in total. The molecule has 0 aliphatic heterocycles. The molecule has 0 radical (unpaired) electrons. The monoisotopic (exact) mass is 216 g/mol. The van der Waals surface area contributed by atoms with Gasteiger partial charge < -0.3 is 26.2 Å². The minimum Gasteiger partial charge on any atom is -0.504 e. The molecule has 0 bridgehead atoms. The van der Waals surface area contributed by atoms with Gasteiger partial charge in [-0.3, -0.25) is 4.79 Å². The van der Waals surface area contributed by atoms with Crippen molar-refractivity contribution in [1.29, 1.82) is 0 Å². The second-order valence-electron chi connectivity index (χ2n) is 2.79. The largest absolute Gasteiger partial charge is 0.504 e. The maximum Gasteiger partial charge on any atom is 0.323 e. The number of carboxylic acids is 1. The van der Waals surface area contributed by atoms with Crippen LogP contribution in [-0.4, -0.2) is 32.4 Å². The zero-order valence-electron chi connectivity index (χ0n) is 10.4. The highest BCUT2D eigenvalue weighted by Crippen LogP contribution is 2.28. The van der Waals surface area contributed by atoms with E-state index in [1.807, 2.05) is 0 Å². The standard InChI is InChI=1S/C9H11NO5/c10-7(9(14)15)8(13)4-1-2-5(11)6(12)3-4/h1-3,7-8,11-13H,10H2,(H,14,15)/t7-,8-/m0/s1/i1D,2D,3D. The molecule has 0 aliphatic carbocycles. The topological polar surface area (TPSA) is 124 Å². The predicted molar refractivity (Wildman–Crippen MR) is 50.3 cm³/mol. The summed E-state index contributed by atoms with van der Waals surface area (Å²) in [5.41, 5.74) is 4.53. The highest BCUT2D eigenvalue weighted by Gasteiger charge is 2.24. The second-order valence-corrected chi connectivity index (χ2v) is 2.79. The molecule has 2 atom stereocenters. The van der Waals surface area contributed by atoms with Crippen LogP contribution in [-0.2, 0) is 4.79 Å². The maximum atomic E-state index is 10.6. The highest BCUT2D eigenvalue weighted by molar-refractivity contribution is 5.74. The van der Waals surface area contributed by atoms with Crippen molar-refractivity contribution in [2.45, 2.75) is 12.1 Å². The minimum atomic E-state index is -1.95. The van der Waals surface area contributed by atoms with Crippen LogP contribution < -0.4 is 5.73 Å². The summed E-state index contributed by atoms with van der Waals surface area (Å²) < 4.78 is 22.2. The smallest absolute Gasteiger partial charge is 0.323 e. The van der Waals surface area contributed by atoms with E-state index in [0.717, 1.165) is 0 Å². The number of rotatable bonds is 3. The van der Waals surface area contributed by atoms with Gasteiger partial charge in [-0.05, 0) is 17.6 Å². The number of aliphatic hydroxyl groups excluding tert-OH is 1. The van der Waals surface area contributed by atoms with Crippen molar-refractivity contribution in [2.75, 3.05) is 0 Å². The first-order valence-corrected chi connectivity index (χ1v) is 3.88. The Labute approximate surface area is 89.4 Å². The summed E-state index contributed by atoms with van der Waals surface area (Å²) in [4.78, 5) is 10.6. The normalized spacial score (nSPS) is 17.3. The minimum absolute atomic E-state index is 0.620. The highest BCUT2D eigenvalue weighted by atomic mass is 16.4. The third kappa shape index (κ3) is 2.36. The molecule has 1 aromatic rings. The zero-order valence-corrected chi connectivity index (χ0v) is 7.43. The van der Waals surface area contributed by atoms with Crippen LogP contribution in [0.3, 0.4) is 0 Å². The molecular weight excluding hydrogens is 202 g/mol. The summed E-state index contributed by atoms with van der Waals surface area (Å²) in [6.07, 6.45) is -1.95. The first kappa shape index (κ1) is 7.49. The van der Waals surface area contributed by atoms with Crippen LogP contribution in [0.2, 0.25) is 0 Å². The van der Waals surface area contributed by atoms with Gasteiger partial charge in [-0.2, -0.15) is 0 Å². The van der Waals surface area contributed by atoms with E-state index in [4.69, 9.17) is 15.0 Å². The Bertz CT molecular complexity index is 478. The molecule has 1 rings (SSSR count). The fourth-order valence-corrected chi connectivity index (χ4v) is 0.866. The van der Waals surface area contributed by atoms with Gasteiger partial charge in [-0.25, -0.2) is 0 Å². The number of phenolic OH excluding ortho intramolecular Hbond substituents is 2. The van der Waals surface area contributed by atoms with Gasteiger partial charge >= 0.3 is 5.97 Å². The summed E-state index contributed by atoms with van der Waals surface area (Å²) >= 11 is 0. The van der Waals surface area contributed by atoms with E-state index in [9.17, 15) is 20.1 Å². The van der Waals surface area contributed by atoms with Crippen molar-refractivity contribution >= 4 is 5.97 Å². The molecule has 82 valence electrons. The Morgan fingerprint density at radius 3 is 2.53 bits per heavy atom. The van der Waals surface area contributed by atoms with Crippen LogP contribution in [0.25, 0.3) is 0 Å². The Kier molecular flexibility index (Phi) is 2.08. The van der Waals surface area contributed by atoms with Gasteiger partial charge in [0.2, 0.25) is 0 Å². The van der Waals surface area contributed by atoms with Crippen molar-refractivity contribution < 1.29 is 29.3 Å². The average Bonchev–Trinajstić information content (AvgIpc) is 2.32. The molecule has 0 aliphatic rings. The summed E-state index contributed by atoms with van der Waals surface area (Å²) in [5, 5.41) is 36.8. The molecule has 0 unspecified atom stereocenters. The Balaban J connectivity index is 3.46. The van der Waals surface area contributed by atoms with Gasteiger partial charge in [0.1, 0.15) is 12.1 Å². The first-order valence-electron chi connectivity index (χ1n) is 5.38. The third-order valence-electron chi connectivity index (χ3n) is 1.71. The van der Waals surface area contributed by atoms with Gasteiger partial charge in [0, 0.05) is 0 Å². The van der Waals surface area contributed by atoms with Crippen molar-refractivity contribution in [1.82, 2.24) is 0 Å². The molecule has 0 aromatic heterocycles. The number of aliphatic hydroxyl groups is 1. The van der Waals surface area contributed by atoms with E-state index in [1.54, 1.807) is 0 Å². The number of carbonyl (C=O) groups is 1. The number of phenols is 2. The fraction of sp³-hybridized carbons (Fsp3) is 0.222. The predicted octanol–water partition coefficient (Wildman–Crippen LogP) is -0.457. The van der Waals surface area contributed by atoms with E-state index in [-0.39, 0.29) is 0 Å². The molecule has 6 heteroatoms. The Morgan fingerprint density at radius 2 is 2.00 bits per heavy atom. The molecule has 0 spiro atoms. The molecule has 15 heavy (non-hydrogen) atoms. The average molecular weight is 216 g/mol. The van der Waals surface area contributed by atoms with Crippen molar-refractivity contribution in [3.63, 3.8) is 0 Å². The first-order chi connectivity index (χ1) is 8.20.